The molecule has 7 fully saturated rings. The van der Waals surface area contributed by atoms with Crippen LogP contribution < -0.4 is 0 Å². The van der Waals surface area contributed by atoms with Crippen LogP contribution in [0.2, 0.25) is 0 Å². The van der Waals surface area contributed by atoms with E-state index in [1.165, 1.54) is 38.5 Å². The smallest absolute Gasteiger partial charge is 0.186 e. The van der Waals surface area contributed by atoms with E-state index in [-0.39, 0.29) is 17.3 Å². The lowest BCUT2D eigenvalue weighted by atomic mass is 9.44. The van der Waals surface area contributed by atoms with Crippen molar-refractivity contribution in [2.24, 2.45) is 52.3 Å². The molecule has 0 aromatic heterocycles. The van der Waals surface area contributed by atoms with Crippen molar-refractivity contribution < 1.29 is 39.4 Å². The minimum absolute atomic E-state index is 0.0607. The minimum atomic E-state index is -1.40. The Morgan fingerprint density at radius 1 is 0.829 bits per heavy atom. The van der Waals surface area contributed by atoms with Crippen LogP contribution in [0, 0.1) is 52.3 Å². The van der Waals surface area contributed by atoms with Crippen molar-refractivity contribution >= 4 is 0 Å². The second kappa shape index (κ2) is 10.4. The topological polar surface area (TPSA) is 118 Å². The summed E-state index contributed by atoms with van der Waals surface area (Å²) >= 11 is 0. The first-order chi connectivity index (χ1) is 19.5. The van der Waals surface area contributed by atoms with Crippen molar-refractivity contribution in [3.05, 3.63) is 0 Å². The lowest BCUT2D eigenvalue weighted by Gasteiger charge is -2.61. The van der Waals surface area contributed by atoms with Gasteiger partial charge in [-0.2, -0.15) is 0 Å². The Morgan fingerprint density at radius 2 is 1.61 bits per heavy atom. The molecule has 3 heterocycles. The summed E-state index contributed by atoms with van der Waals surface area (Å²) in [4.78, 5) is 0. The van der Waals surface area contributed by atoms with E-state index in [2.05, 4.69) is 27.7 Å². The molecule has 0 aromatic rings. The quantitative estimate of drug-likeness (QED) is 0.375. The summed E-state index contributed by atoms with van der Waals surface area (Å²) in [6.07, 6.45) is 5.64. The first-order valence-corrected chi connectivity index (χ1v) is 16.8. The number of hydrogen-bond acceptors (Lipinski definition) is 8. The molecule has 0 bridgehead atoms. The van der Waals surface area contributed by atoms with Gasteiger partial charge in [0, 0.05) is 12.3 Å². The summed E-state index contributed by atoms with van der Waals surface area (Å²) in [5, 5.41) is 40.4. The zero-order valence-electron chi connectivity index (χ0n) is 25.5. The highest BCUT2D eigenvalue weighted by Gasteiger charge is 2.69. The van der Waals surface area contributed by atoms with E-state index in [9.17, 15) is 20.4 Å². The van der Waals surface area contributed by atoms with Crippen molar-refractivity contribution in [3.8, 4) is 0 Å². The van der Waals surface area contributed by atoms with Gasteiger partial charge in [-0.05, 0) is 104 Å². The highest BCUT2D eigenvalue weighted by atomic mass is 16.7. The molecule has 0 radical (unpaired) electrons. The van der Waals surface area contributed by atoms with Crippen molar-refractivity contribution in [3.63, 3.8) is 0 Å². The van der Waals surface area contributed by atoms with Gasteiger partial charge in [0.2, 0.25) is 0 Å². The van der Waals surface area contributed by atoms with Crippen molar-refractivity contribution in [1.29, 1.82) is 0 Å². The van der Waals surface area contributed by atoms with Crippen LogP contribution in [0.25, 0.3) is 0 Å². The van der Waals surface area contributed by atoms with Crippen LogP contribution in [0.4, 0.5) is 0 Å². The largest absolute Gasteiger partial charge is 0.394 e. The number of aliphatic hydroxyl groups excluding tert-OH is 4. The van der Waals surface area contributed by atoms with Crippen molar-refractivity contribution in [1.82, 2.24) is 0 Å². The van der Waals surface area contributed by atoms with Crippen LogP contribution in [0.1, 0.15) is 91.9 Å². The van der Waals surface area contributed by atoms with E-state index >= 15 is 0 Å². The van der Waals surface area contributed by atoms with Gasteiger partial charge in [-0.3, -0.25) is 0 Å². The highest BCUT2D eigenvalue weighted by molar-refractivity contribution is 5.15. The fourth-order valence-corrected chi connectivity index (χ4v) is 11.7. The summed E-state index contributed by atoms with van der Waals surface area (Å²) in [5.41, 5.74) is 0.612. The molecule has 17 atom stereocenters. The molecule has 1 spiro atoms. The SMILES string of the molecule is C[C@@H]1CC[C@@]2(OC1)O[C@H]1C[C@H]3[C@@H]4CC[C@H]5C[C@@H](O[C@@H]6O[C@H](CO)[C@H](O)[C@H](O)[C@H]6O)CC[C@]5(C)[C@H]4CC[C@]3(C)[C@H]1[C@@H]2C. The Labute approximate surface area is 245 Å². The summed E-state index contributed by atoms with van der Waals surface area (Å²) in [6, 6.07) is 0. The van der Waals surface area contributed by atoms with E-state index < -0.39 is 37.3 Å². The maximum Gasteiger partial charge on any atom is 0.186 e. The van der Waals surface area contributed by atoms with Gasteiger partial charge in [0.15, 0.2) is 12.1 Å². The molecular formula is C33H54O8. The Kier molecular flexibility index (Phi) is 7.43. The average Bonchev–Trinajstić information content (AvgIpc) is 3.40. The van der Waals surface area contributed by atoms with E-state index in [1.807, 2.05) is 0 Å². The minimum Gasteiger partial charge on any atom is -0.394 e. The third kappa shape index (κ3) is 4.36. The monoisotopic (exact) mass is 578 g/mol. The molecule has 0 amide bonds. The summed E-state index contributed by atoms with van der Waals surface area (Å²) in [5.74, 6) is 4.08. The Bertz CT molecular complexity index is 967. The number of hydrogen-bond donors (Lipinski definition) is 4. The fraction of sp³-hybridized carbons (Fsp3) is 1.00. The highest BCUT2D eigenvalue weighted by Crippen LogP contribution is 2.71. The van der Waals surface area contributed by atoms with Gasteiger partial charge in [-0.15, -0.1) is 0 Å². The van der Waals surface area contributed by atoms with Crippen LogP contribution in [0.15, 0.2) is 0 Å². The molecule has 3 saturated heterocycles. The number of aliphatic hydroxyl groups is 4. The summed E-state index contributed by atoms with van der Waals surface area (Å²) < 4.78 is 25.4. The van der Waals surface area contributed by atoms with Gasteiger partial charge >= 0.3 is 0 Å². The predicted octanol–water partition coefficient (Wildman–Crippen LogP) is 3.62. The molecular weight excluding hydrogens is 524 g/mol. The molecule has 4 saturated carbocycles. The molecule has 7 aliphatic rings. The lowest BCUT2D eigenvalue weighted by molar-refractivity contribution is -0.316. The molecule has 8 nitrogen and oxygen atoms in total. The Hall–Kier alpha value is -0.320. The Morgan fingerprint density at radius 3 is 2.34 bits per heavy atom. The van der Waals surface area contributed by atoms with Gasteiger partial charge in [-0.25, -0.2) is 0 Å². The van der Waals surface area contributed by atoms with E-state index in [0.717, 1.165) is 50.0 Å². The molecule has 7 rings (SSSR count). The van der Waals surface area contributed by atoms with Gasteiger partial charge < -0.3 is 39.4 Å². The summed E-state index contributed by atoms with van der Waals surface area (Å²) in [6.45, 7) is 10.3. The van der Waals surface area contributed by atoms with E-state index in [1.54, 1.807) is 0 Å². The molecule has 234 valence electrons. The second-order valence-corrected chi connectivity index (χ2v) is 15.9. The molecule has 8 heteroatoms. The van der Waals surface area contributed by atoms with E-state index in [0.29, 0.717) is 35.2 Å². The predicted molar refractivity (Wildman–Crippen MR) is 150 cm³/mol. The van der Waals surface area contributed by atoms with Crippen LogP contribution in [0.3, 0.4) is 0 Å². The van der Waals surface area contributed by atoms with Crippen LogP contribution in [0.5, 0.6) is 0 Å². The third-order valence-electron chi connectivity index (χ3n) is 14.1. The zero-order valence-corrected chi connectivity index (χ0v) is 25.5. The zero-order chi connectivity index (χ0) is 28.9. The second-order valence-electron chi connectivity index (χ2n) is 15.9. The first-order valence-electron chi connectivity index (χ1n) is 16.8. The van der Waals surface area contributed by atoms with Crippen LogP contribution in [-0.4, -0.2) is 82.3 Å². The average molecular weight is 579 g/mol. The van der Waals surface area contributed by atoms with Crippen molar-refractivity contribution in [2.45, 2.75) is 141 Å². The van der Waals surface area contributed by atoms with Crippen LogP contribution in [-0.2, 0) is 18.9 Å². The van der Waals surface area contributed by atoms with Crippen LogP contribution >= 0.6 is 0 Å². The molecule has 4 N–H and O–H groups in total. The number of rotatable bonds is 3. The van der Waals surface area contributed by atoms with Gasteiger partial charge in [0.05, 0.1) is 25.4 Å². The molecule has 4 aliphatic carbocycles. The molecule has 0 unspecified atom stereocenters. The first kappa shape index (κ1) is 29.4. The van der Waals surface area contributed by atoms with Gasteiger partial charge in [0.25, 0.3) is 0 Å². The van der Waals surface area contributed by atoms with Crippen molar-refractivity contribution in [2.75, 3.05) is 13.2 Å². The Balaban J connectivity index is 1.03. The standard InChI is InChI=1S/C33H54O8/c1-17-7-12-33(38-16-17)18(2)26-24(41-33)14-23-21-6-5-19-13-20(8-10-31(19,3)22(21)9-11-32(23,26)4)39-30-29(37)28(36)27(35)25(15-34)40-30/h17-30,34-37H,5-16H2,1-4H3/t17-,18+,19+,20+,21-,22+,23+,24+,25-,26+,27+,28+,29-,30-,31+,32+,33-/m1/s1. The van der Waals surface area contributed by atoms with Gasteiger partial charge in [-0.1, -0.05) is 27.7 Å². The number of ether oxygens (including phenoxy) is 4. The van der Waals surface area contributed by atoms with E-state index in [4.69, 9.17) is 18.9 Å². The normalized spacial score (nSPS) is 60.3. The lowest BCUT2D eigenvalue weighted by Crippen LogP contribution is -2.60. The number of fused-ring (bicyclic) bond motifs is 7. The maximum atomic E-state index is 10.5. The summed E-state index contributed by atoms with van der Waals surface area (Å²) in [7, 11) is 0. The molecule has 3 aliphatic heterocycles. The molecule has 0 aromatic carbocycles. The fourth-order valence-electron chi connectivity index (χ4n) is 11.7. The maximum absolute atomic E-state index is 10.5. The molecule has 41 heavy (non-hydrogen) atoms. The van der Waals surface area contributed by atoms with Gasteiger partial charge in [0.1, 0.15) is 24.4 Å². The third-order valence-corrected chi connectivity index (χ3v) is 14.1.